The maximum absolute atomic E-state index is 5.44. The molecule has 0 unspecified atom stereocenters. The van der Waals surface area contributed by atoms with E-state index in [0.29, 0.717) is 0 Å². The van der Waals surface area contributed by atoms with Crippen LogP contribution < -0.4 is 0 Å². The second kappa shape index (κ2) is 10.5. The number of fused-ring (bicyclic) bond motifs is 10. The van der Waals surface area contributed by atoms with Crippen molar-refractivity contribution in [2.75, 3.05) is 0 Å². The number of rotatable bonds is 3. The predicted octanol–water partition coefficient (Wildman–Crippen LogP) is 10.6. The predicted molar refractivity (Wildman–Crippen MR) is 205 cm³/mol. The van der Waals surface area contributed by atoms with E-state index in [4.69, 9.17) is 19.9 Å². The number of pyridine rings is 4. The number of para-hydroxylation sites is 2. The van der Waals surface area contributed by atoms with Crippen molar-refractivity contribution in [2.24, 2.45) is 0 Å². The molecule has 0 amide bonds. The highest BCUT2D eigenvalue weighted by atomic mass is 15.0. The van der Waals surface area contributed by atoms with Crippen LogP contribution in [0.2, 0.25) is 0 Å². The number of aromatic nitrogens is 6. The van der Waals surface area contributed by atoms with E-state index in [1.165, 1.54) is 22.3 Å². The van der Waals surface area contributed by atoms with Crippen LogP contribution >= 0.6 is 0 Å². The summed E-state index contributed by atoms with van der Waals surface area (Å²) in [5.74, 6) is 0. The molecule has 0 N–H and O–H groups in total. The van der Waals surface area contributed by atoms with E-state index in [-0.39, 0.29) is 0 Å². The second-order valence-corrected chi connectivity index (χ2v) is 13.3. The zero-order valence-electron chi connectivity index (χ0n) is 28.2. The third-order valence-corrected chi connectivity index (χ3v) is 10.3. The number of aryl methyl sites for hydroxylation is 4. The molecule has 0 bridgehead atoms. The maximum Gasteiger partial charge on any atom is 0.146 e. The quantitative estimate of drug-likeness (QED) is 0.192. The fraction of sp³-hybridized carbons (Fsp3) is 0.0909. The van der Waals surface area contributed by atoms with Gasteiger partial charge in [-0.1, -0.05) is 72.8 Å². The molecule has 0 radical (unpaired) electrons. The van der Waals surface area contributed by atoms with Gasteiger partial charge in [-0.25, -0.2) is 19.9 Å². The van der Waals surface area contributed by atoms with Gasteiger partial charge in [0.15, 0.2) is 0 Å². The van der Waals surface area contributed by atoms with Crippen LogP contribution in [0, 0.1) is 27.7 Å². The van der Waals surface area contributed by atoms with Gasteiger partial charge < -0.3 is 0 Å². The summed E-state index contributed by atoms with van der Waals surface area (Å²) in [6.45, 7) is 8.65. The molecule has 6 heteroatoms. The Morgan fingerprint density at radius 3 is 1.22 bits per heavy atom. The summed E-state index contributed by atoms with van der Waals surface area (Å²) in [6, 6.07) is 38.0. The monoisotopic (exact) mass is 644 g/mol. The van der Waals surface area contributed by atoms with Crippen LogP contribution in [-0.4, -0.2) is 28.7 Å². The number of hydrogen-bond acceptors (Lipinski definition) is 4. The molecule has 6 heterocycles. The molecule has 6 nitrogen and oxygen atoms in total. The second-order valence-electron chi connectivity index (χ2n) is 13.3. The van der Waals surface area contributed by atoms with Gasteiger partial charge in [0.05, 0.1) is 33.5 Å². The van der Waals surface area contributed by atoms with Gasteiger partial charge in [-0.15, -0.1) is 0 Å². The lowest BCUT2D eigenvalue weighted by Gasteiger charge is -2.13. The standard InChI is InChI=1S/C44H32N6/c1-25-13-9-14-26(2)35(25)39-41-37(31-17-5-7-21-33(31)45-39)47-43-29(19-11-23-49(41)43)30-20-12-24-50-42-38(48-44(30)50)32-18-6-8-22-34(32)46-40(42)36-27(3)15-10-16-28(36)4/h5-24H,1-4H3. The Hall–Kier alpha value is -6.40. The van der Waals surface area contributed by atoms with E-state index < -0.39 is 0 Å². The minimum absolute atomic E-state index is 0.867. The van der Waals surface area contributed by atoms with E-state index >= 15 is 0 Å². The van der Waals surface area contributed by atoms with Crippen LogP contribution in [0.4, 0.5) is 0 Å². The number of benzene rings is 4. The molecule has 0 fully saturated rings. The smallest absolute Gasteiger partial charge is 0.146 e. The topological polar surface area (TPSA) is 60.4 Å². The molecule has 50 heavy (non-hydrogen) atoms. The number of nitrogens with zero attached hydrogens (tertiary/aromatic N) is 6. The first kappa shape index (κ1) is 28.6. The van der Waals surface area contributed by atoms with Crippen molar-refractivity contribution in [3.8, 4) is 33.6 Å². The molecular formula is C44H32N6. The molecular weight excluding hydrogens is 613 g/mol. The molecule has 0 aliphatic carbocycles. The fourth-order valence-electron chi connectivity index (χ4n) is 8.00. The molecule has 0 atom stereocenters. The van der Waals surface area contributed by atoms with Crippen LogP contribution in [0.25, 0.3) is 88.8 Å². The van der Waals surface area contributed by atoms with E-state index in [9.17, 15) is 0 Å². The van der Waals surface area contributed by atoms with Crippen molar-refractivity contribution in [3.05, 3.63) is 144 Å². The van der Waals surface area contributed by atoms with Crippen molar-refractivity contribution in [1.29, 1.82) is 0 Å². The highest BCUT2D eigenvalue weighted by molar-refractivity contribution is 6.12. The first-order valence-corrected chi connectivity index (χ1v) is 17.0. The number of hydrogen-bond donors (Lipinski definition) is 0. The fourth-order valence-corrected chi connectivity index (χ4v) is 8.00. The summed E-state index contributed by atoms with van der Waals surface area (Å²) in [5, 5.41) is 2.07. The van der Waals surface area contributed by atoms with E-state index in [2.05, 4.69) is 146 Å². The van der Waals surface area contributed by atoms with Crippen molar-refractivity contribution >= 4 is 55.2 Å². The number of imidazole rings is 2. The minimum Gasteiger partial charge on any atom is -0.297 e. The zero-order valence-corrected chi connectivity index (χ0v) is 28.2. The van der Waals surface area contributed by atoms with Crippen LogP contribution in [0.1, 0.15) is 22.3 Å². The van der Waals surface area contributed by atoms with E-state index in [0.717, 1.165) is 88.8 Å². The molecule has 10 rings (SSSR count). The van der Waals surface area contributed by atoms with Gasteiger partial charge in [0, 0.05) is 45.4 Å². The Morgan fingerprint density at radius 1 is 0.400 bits per heavy atom. The van der Waals surface area contributed by atoms with E-state index in [1.807, 2.05) is 12.1 Å². The van der Waals surface area contributed by atoms with E-state index in [1.54, 1.807) is 0 Å². The average Bonchev–Trinajstić information content (AvgIpc) is 3.72. The van der Waals surface area contributed by atoms with Gasteiger partial charge >= 0.3 is 0 Å². The van der Waals surface area contributed by atoms with Gasteiger partial charge in [0.2, 0.25) is 0 Å². The Morgan fingerprint density at radius 2 is 0.800 bits per heavy atom. The largest absolute Gasteiger partial charge is 0.297 e. The van der Waals surface area contributed by atoms with Crippen molar-refractivity contribution in [2.45, 2.75) is 27.7 Å². The summed E-state index contributed by atoms with van der Waals surface area (Å²) in [5.41, 5.74) is 18.4. The summed E-state index contributed by atoms with van der Waals surface area (Å²) in [7, 11) is 0. The molecule has 0 spiro atoms. The van der Waals surface area contributed by atoms with Gasteiger partial charge in [-0.3, -0.25) is 8.80 Å². The van der Waals surface area contributed by atoms with Crippen LogP contribution in [-0.2, 0) is 0 Å². The summed E-state index contributed by atoms with van der Waals surface area (Å²) >= 11 is 0. The summed E-state index contributed by atoms with van der Waals surface area (Å²) < 4.78 is 4.44. The van der Waals surface area contributed by atoms with Crippen LogP contribution in [0.5, 0.6) is 0 Å². The molecule has 0 saturated carbocycles. The van der Waals surface area contributed by atoms with Gasteiger partial charge in [0.25, 0.3) is 0 Å². The molecule has 238 valence electrons. The third kappa shape index (κ3) is 3.96. The average molecular weight is 645 g/mol. The van der Waals surface area contributed by atoms with Crippen LogP contribution in [0.3, 0.4) is 0 Å². The highest BCUT2D eigenvalue weighted by Gasteiger charge is 2.24. The Balaban J connectivity index is 1.33. The molecule has 10 aromatic rings. The van der Waals surface area contributed by atoms with Gasteiger partial charge in [-0.05, 0) is 86.3 Å². The first-order chi connectivity index (χ1) is 24.5. The molecule has 0 aliphatic heterocycles. The van der Waals surface area contributed by atoms with Crippen LogP contribution in [0.15, 0.2) is 122 Å². The van der Waals surface area contributed by atoms with Gasteiger partial charge in [0.1, 0.15) is 22.3 Å². The minimum atomic E-state index is 0.867. The Kier molecular flexibility index (Phi) is 6.03. The molecule has 0 aliphatic rings. The third-order valence-electron chi connectivity index (χ3n) is 10.3. The Bertz CT molecular complexity index is 2790. The Labute approximate surface area is 288 Å². The lowest BCUT2D eigenvalue weighted by atomic mass is 9.98. The SMILES string of the molecule is Cc1cccc(C)c1-c1nc2ccccc2c2nc3c(-c4cccn5c4nc4c6ccccc6nc(-c6c(C)cccc6C)c45)cccn3c12. The molecule has 4 aromatic carbocycles. The molecule has 6 aromatic heterocycles. The van der Waals surface area contributed by atoms with Crippen molar-refractivity contribution < 1.29 is 0 Å². The molecule has 0 saturated heterocycles. The zero-order chi connectivity index (χ0) is 33.7. The highest BCUT2D eigenvalue weighted by Crippen LogP contribution is 2.41. The lowest BCUT2D eigenvalue weighted by Crippen LogP contribution is -1.97. The first-order valence-electron chi connectivity index (χ1n) is 17.0. The normalized spacial score (nSPS) is 12.0. The van der Waals surface area contributed by atoms with Crippen molar-refractivity contribution in [3.63, 3.8) is 0 Å². The summed E-state index contributed by atoms with van der Waals surface area (Å²) in [4.78, 5) is 21.5. The maximum atomic E-state index is 5.44. The van der Waals surface area contributed by atoms with Crippen molar-refractivity contribution in [1.82, 2.24) is 28.7 Å². The van der Waals surface area contributed by atoms with Gasteiger partial charge in [-0.2, -0.15) is 0 Å². The lowest BCUT2D eigenvalue weighted by molar-refractivity contribution is 1.20. The summed E-state index contributed by atoms with van der Waals surface area (Å²) in [6.07, 6.45) is 4.22.